The van der Waals surface area contributed by atoms with Gasteiger partial charge < -0.3 is 10.3 Å². The molecule has 124 valence electrons. The summed E-state index contributed by atoms with van der Waals surface area (Å²) in [7, 11) is 0. The fraction of sp³-hybridized carbons (Fsp3) is 0.316. The van der Waals surface area contributed by atoms with Gasteiger partial charge >= 0.3 is 0 Å². The monoisotopic (exact) mass is 360 g/mol. The molecule has 1 aromatic heterocycles. The minimum absolute atomic E-state index is 0.336. The molecule has 0 fully saturated rings. The van der Waals surface area contributed by atoms with Crippen molar-refractivity contribution in [2.75, 3.05) is 5.73 Å². The van der Waals surface area contributed by atoms with E-state index in [0.717, 1.165) is 46.7 Å². The number of benzene rings is 1. The highest BCUT2D eigenvalue weighted by Gasteiger charge is 2.34. The number of allylic oxidation sites excluding steroid dienone is 4. The molecular formula is C19H18Cl2N2O. The average Bonchev–Trinajstić information content (AvgIpc) is 2.96. The predicted molar refractivity (Wildman–Crippen MR) is 97.0 cm³/mol. The first-order valence-corrected chi connectivity index (χ1v) is 8.87. The van der Waals surface area contributed by atoms with E-state index < -0.39 is 4.87 Å². The third-order valence-electron chi connectivity index (χ3n) is 5.03. The Morgan fingerprint density at radius 3 is 2.79 bits per heavy atom. The highest BCUT2D eigenvalue weighted by Crippen LogP contribution is 2.45. The van der Waals surface area contributed by atoms with E-state index in [1.165, 1.54) is 0 Å². The van der Waals surface area contributed by atoms with Gasteiger partial charge in [-0.2, -0.15) is 0 Å². The second-order valence-electron chi connectivity index (χ2n) is 6.51. The molecule has 2 atom stereocenters. The van der Waals surface area contributed by atoms with Crippen LogP contribution in [-0.4, -0.2) is 5.16 Å². The maximum atomic E-state index is 6.83. The highest BCUT2D eigenvalue weighted by atomic mass is 35.5. The zero-order valence-electron chi connectivity index (χ0n) is 13.1. The van der Waals surface area contributed by atoms with E-state index in [1.54, 1.807) is 0 Å². The normalized spacial score (nSPS) is 26.5. The Bertz CT molecular complexity index is 825. The first-order chi connectivity index (χ1) is 11.6. The second-order valence-corrected chi connectivity index (χ2v) is 7.64. The Kier molecular flexibility index (Phi) is 3.93. The van der Waals surface area contributed by atoms with Crippen LogP contribution in [0.3, 0.4) is 0 Å². The summed E-state index contributed by atoms with van der Waals surface area (Å²) in [5.74, 6) is 0.786. The number of aromatic nitrogens is 1. The Balaban J connectivity index is 1.58. The number of nitrogens with zero attached hydrogens (tertiary/aromatic N) is 1. The zero-order chi connectivity index (χ0) is 16.7. The van der Waals surface area contributed by atoms with Crippen LogP contribution in [0.4, 0.5) is 5.88 Å². The van der Waals surface area contributed by atoms with Gasteiger partial charge in [-0.1, -0.05) is 59.2 Å². The van der Waals surface area contributed by atoms with Crippen molar-refractivity contribution in [2.45, 2.75) is 30.6 Å². The Hall–Kier alpha value is -1.71. The van der Waals surface area contributed by atoms with Crippen LogP contribution in [0, 0.1) is 5.92 Å². The maximum absolute atomic E-state index is 6.83. The number of hydrogen-bond donors (Lipinski definition) is 1. The van der Waals surface area contributed by atoms with Crippen LogP contribution in [-0.2, 0) is 17.7 Å². The number of hydrogen-bond acceptors (Lipinski definition) is 3. The summed E-state index contributed by atoms with van der Waals surface area (Å²) in [6.45, 7) is 0. The van der Waals surface area contributed by atoms with Crippen LogP contribution >= 0.6 is 23.2 Å². The topological polar surface area (TPSA) is 52.0 Å². The fourth-order valence-corrected chi connectivity index (χ4v) is 4.49. The standard InChI is InChI=1S/C19H18Cl2N2O/c20-16-11-19(21,13-4-2-1-3-5-13)9-8-14(16)12-6-7-15-17(10-12)23-24-18(15)22/h1-5,8-9,12H,6-7,10-11,22H2. The van der Waals surface area contributed by atoms with E-state index in [9.17, 15) is 0 Å². The summed E-state index contributed by atoms with van der Waals surface area (Å²) in [5, 5.41) is 4.92. The van der Waals surface area contributed by atoms with Crippen molar-refractivity contribution in [3.05, 3.63) is 69.9 Å². The summed E-state index contributed by atoms with van der Waals surface area (Å²) >= 11 is 13.5. The number of fused-ring (bicyclic) bond motifs is 1. The molecule has 2 N–H and O–H groups in total. The molecule has 0 amide bonds. The average molecular weight is 361 g/mol. The summed E-state index contributed by atoms with van der Waals surface area (Å²) < 4.78 is 5.11. The van der Waals surface area contributed by atoms with Crippen molar-refractivity contribution < 1.29 is 4.52 Å². The van der Waals surface area contributed by atoms with Crippen LogP contribution < -0.4 is 5.73 Å². The van der Waals surface area contributed by atoms with Crippen molar-refractivity contribution in [1.29, 1.82) is 0 Å². The molecule has 0 radical (unpaired) electrons. The minimum atomic E-state index is -0.569. The number of alkyl halides is 1. The Labute approximate surface area is 151 Å². The fourth-order valence-electron chi connectivity index (χ4n) is 3.67. The van der Waals surface area contributed by atoms with Gasteiger partial charge in [0, 0.05) is 23.4 Å². The van der Waals surface area contributed by atoms with Gasteiger partial charge in [-0.25, -0.2) is 0 Å². The Morgan fingerprint density at radius 1 is 1.25 bits per heavy atom. The van der Waals surface area contributed by atoms with Crippen molar-refractivity contribution in [2.24, 2.45) is 5.92 Å². The van der Waals surface area contributed by atoms with E-state index in [1.807, 2.05) is 30.3 Å². The smallest absolute Gasteiger partial charge is 0.225 e. The highest BCUT2D eigenvalue weighted by molar-refractivity contribution is 6.32. The maximum Gasteiger partial charge on any atom is 0.225 e. The Morgan fingerprint density at radius 2 is 2.04 bits per heavy atom. The number of rotatable bonds is 2. The third-order valence-corrected chi connectivity index (χ3v) is 5.86. The lowest BCUT2D eigenvalue weighted by molar-refractivity contribution is 0.420. The molecule has 2 unspecified atom stereocenters. The molecule has 5 heteroatoms. The van der Waals surface area contributed by atoms with E-state index in [0.29, 0.717) is 18.2 Å². The lowest BCUT2D eigenvalue weighted by atomic mass is 9.78. The van der Waals surface area contributed by atoms with Crippen LogP contribution in [0.2, 0.25) is 0 Å². The van der Waals surface area contributed by atoms with Crippen molar-refractivity contribution in [3.63, 3.8) is 0 Å². The molecule has 0 saturated carbocycles. The van der Waals surface area contributed by atoms with Crippen molar-refractivity contribution in [3.8, 4) is 0 Å². The first kappa shape index (κ1) is 15.8. The molecule has 4 rings (SSSR count). The molecule has 0 bridgehead atoms. The van der Waals surface area contributed by atoms with Crippen molar-refractivity contribution in [1.82, 2.24) is 5.16 Å². The van der Waals surface area contributed by atoms with Gasteiger partial charge in [0.2, 0.25) is 5.88 Å². The van der Waals surface area contributed by atoms with Gasteiger partial charge in [-0.15, -0.1) is 11.6 Å². The van der Waals surface area contributed by atoms with Gasteiger partial charge in [0.25, 0.3) is 0 Å². The molecular weight excluding hydrogens is 343 g/mol. The van der Waals surface area contributed by atoms with E-state index in [4.69, 9.17) is 33.5 Å². The lowest BCUT2D eigenvalue weighted by Gasteiger charge is -2.31. The summed E-state index contributed by atoms with van der Waals surface area (Å²) in [6, 6.07) is 10.1. The molecule has 24 heavy (non-hydrogen) atoms. The molecule has 1 aromatic carbocycles. The van der Waals surface area contributed by atoms with Gasteiger partial charge in [0.05, 0.1) is 10.6 Å². The first-order valence-electron chi connectivity index (χ1n) is 8.12. The van der Waals surface area contributed by atoms with Gasteiger partial charge in [-0.05, 0) is 29.9 Å². The lowest BCUT2D eigenvalue weighted by Crippen LogP contribution is -2.23. The van der Waals surface area contributed by atoms with Crippen LogP contribution in [0.1, 0.15) is 29.7 Å². The van der Waals surface area contributed by atoms with Gasteiger partial charge in [0.1, 0.15) is 0 Å². The van der Waals surface area contributed by atoms with E-state index in [2.05, 4.69) is 17.3 Å². The van der Waals surface area contributed by atoms with Crippen LogP contribution in [0.5, 0.6) is 0 Å². The molecule has 1 heterocycles. The molecule has 2 aromatic rings. The van der Waals surface area contributed by atoms with Gasteiger partial charge in [-0.3, -0.25) is 0 Å². The largest absolute Gasteiger partial charge is 0.367 e. The van der Waals surface area contributed by atoms with E-state index >= 15 is 0 Å². The molecule has 3 nitrogen and oxygen atoms in total. The summed E-state index contributed by atoms with van der Waals surface area (Å²) in [4.78, 5) is -0.569. The number of nitrogens with two attached hydrogens (primary N) is 1. The second kappa shape index (κ2) is 5.98. The van der Waals surface area contributed by atoms with Crippen LogP contribution in [0.15, 0.2) is 57.6 Å². The summed E-state index contributed by atoms with van der Waals surface area (Å²) in [6.07, 6.45) is 7.45. The SMILES string of the molecule is Nc1onc2c1CCC(C1=C(Cl)CC(Cl)(c3ccccc3)C=C1)C2. The predicted octanol–water partition coefficient (Wildman–Crippen LogP) is 4.95. The summed E-state index contributed by atoms with van der Waals surface area (Å²) in [5.41, 5.74) is 10.1. The molecule has 2 aliphatic rings. The number of halogens is 2. The van der Waals surface area contributed by atoms with Crippen molar-refractivity contribution >= 4 is 29.1 Å². The number of anilines is 1. The minimum Gasteiger partial charge on any atom is -0.367 e. The third kappa shape index (κ3) is 2.66. The van der Waals surface area contributed by atoms with Gasteiger partial charge in [0.15, 0.2) is 0 Å². The molecule has 0 aliphatic heterocycles. The molecule has 0 saturated heterocycles. The van der Waals surface area contributed by atoms with Crippen LogP contribution in [0.25, 0.3) is 0 Å². The zero-order valence-corrected chi connectivity index (χ0v) is 14.6. The van der Waals surface area contributed by atoms with E-state index in [-0.39, 0.29) is 0 Å². The molecule has 0 spiro atoms. The quantitative estimate of drug-likeness (QED) is 0.770. The number of nitrogen functional groups attached to an aromatic ring is 1. The molecule has 2 aliphatic carbocycles.